The van der Waals surface area contributed by atoms with Crippen LogP contribution in [0.1, 0.15) is 33.3 Å². The highest BCUT2D eigenvalue weighted by molar-refractivity contribution is 6.62. The maximum Gasteiger partial charge on any atom is 0.494 e. The monoisotopic (exact) mass is 384 g/mol. The highest BCUT2D eigenvalue weighted by Gasteiger charge is 2.51. The molecule has 0 spiro atoms. The number of aryl methyl sites for hydroxylation is 1. The highest BCUT2D eigenvalue weighted by atomic mass is 16.7. The Morgan fingerprint density at radius 3 is 2.10 bits per heavy atom. The van der Waals surface area contributed by atoms with Crippen molar-refractivity contribution < 1.29 is 13.7 Å². The van der Waals surface area contributed by atoms with Gasteiger partial charge in [-0.2, -0.15) is 0 Å². The third-order valence-electron chi connectivity index (χ3n) is 6.47. The molecule has 0 radical (unpaired) electrons. The van der Waals surface area contributed by atoms with Gasteiger partial charge in [0.15, 0.2) is 0 Å². The summed E-state index contributed by atoms with van der Waals surface area (Å²) in [6.45, 7) is 10.4. The van der Waals surface area contributed by atoms with Gasteiger partial charge in [0.05, 0.1) is 11.2 Å². The number of rotatable bonds is 2. The van der Waals surface area contributed by atoms with Crippen LogP contribution in [0.2, 0.25) is 0 Å². The summed E-state index contributed by atoms with van der Waals surface area (Å²) in [5.41, 5.74) is 5.72. The van der Waals surface area contributed by atoms with E-state index in [-0.39, 0.29) is 18.3 Å². The normalized spacial score (nSPS) is 18.0. The molecule has 0 N–H and O–H groups in total. The van der Waals surface area contributed by atoms with Crippen LogP contribution in [0.15, 0.2) is 65.1 Å². The Morgan fingerprint density at radius 1 is 0.759 bits per heavy atom. The smallest absolute Gasteiger partial charge is 0.456 e. The zero-order valence-electron chi connectivity index (χ0n) is 17.6. The number of hydrogen-bond donors (Lipinski definition) is 0. The van der Waals surface area contributed by atoms with E-state index < -0.39 is 0 Å². The van der Waals surface area contributed by atoms with Crippen LogP contribution in [-0.4, -0.2) is 18.3 Å². The molecule has 1 saturated heterocycles. The van der Waals surface area contributed by atoms with Crippen LogP contribution >= 0.6 is 0 Å². The van der Waals surface area contributed by atoms with Gasteiger partial charge < -0.3 is 13.7 Å². The molecule has 0 amide bonds. The van der Waals surface area contributed by atoms with Crippen LogP contribution < -0.4 is 5.46 Å². The van der Waals surface area contributed by atoms with Gasteiger partial charge in [-0.1, -0.05) is 54.6 Å². The molecule has 4 heteroatoms. The Bertz CT molecular complexity index is 1200. The second kappa shape index (κ2) is 6.22. The molecule has 1 aliphatic heterocycles. The Balaban J connectivity index is 1.58. The number of para-hydroxylation sites is 1. The molecule has 0 unspecified atom stereocenters. The summed E-state index contributed by atoms with van der Waals surface area (Å²) in [6.07, 6.45) is 0. The van der Waals surface area contributed by atoms with Crippen molar-refractivity contribution in [2.45, 2.75) is 45.8 Å². The van der Waals surface area contributed by atoms with Gasteiger partial charge in [-0.3, -0.25) is 0 Å². The molecule has 1 fully saturated rings. The van der Waals surface area contributed by atoms with Crippen LogP contribution in [0.25, 0.3) is 33.1 Å². The largest absolute Gasteiger partial charge is 0.494 e. The summed E-state index contributed by atoms with van der Waals surface area (Å²) in [6, 6.07) is 21.0. The van der Waals surface area contributed by atoms with E-state index in [0.717, 1.165) is 33.1 Å². The highest BCUT2D eigenvalue weighted by Crippen LogP contribution is 2.39. The number of hydrogen-bond acceptors (Lipinski definition) is 3. The van der Waals surface area contributed by atoms with E-state index in [1.165, 1.54) is 10.9 Å². The molecule has 0 saturated carbocycles. The molecule has 3 aromatic carbocycles. The molecule has 0 aliphatic carbocycles. The molecular formula is C25H25BO3. The van der Waals surface area contributed by atoms with Crippen LogP contribution in [-0.2, 0) is 9.31 Å². The molecule has 2 heterocycles. The lowest BCUT2D eigenvalue weighted by molar-refractivity contribution is 0.00578. The molecule has 5 rings (SSSR count). The number of furan rings is 1. The average Bonchev–Trinajstić information content (AvgIpc) is 3.18. The number of benzene rings is 3. The van der Waals surface area contributed by atoms with Gasteiger partial charge in [0, 0.05) is 10.8 Å². The maximum absolute atomic E-state index is 6.19. The minimum Gasteiger partial charge on any atom is -0.456 e. The van der Waals surface area contributed by atoms with Crippen molar-refractivity contribution in [1.29, 1.82) is 0 Å². The van der Waals surface area contributed by atoms with Gasteiger partial charge >= 0.3 is 7.12 Å². The first-order valence-corrected chi connectivity index (χ1v) is 10.1. The topological polar surface area (TPSA) is 31.6 Å². The minimum atomic E-state index is -0.346. The van der Waals surface area contributed by atoms with Crippen molar-refractivity contribution in [2.75, 3.05) is 0 Å². The van der Waals surface area contributed by atoms with Gasteiger partial charge in [-0.25, -0.2) is 0 Å². The standard InChI is InChI=1S/C25H25BO3/c1-16-10-15-19(22-20-8-6-7-9-21(20)27-23(16)22)17-11-13-18(14-12-17)26-28-24(2,3)25(4,5)29-26/h6-15H,1-5H3. The van der Waals surface area contributed by atoms with Crippen molar-refractivity contribution in [3.63, 3.8) is 0 Å². The fourth-order valence-corrected chi connectivity index (χ4v) is 4.00. The lowest BCUT2D eigenvalue weighted by atomic mass is 9.78. The third kappa shape index (κ3) is 2.82. The summed E-state index contributed by atoms with van der Waals surface area (Å²) < 4.78 is 18.5. The zero-order chi connectivity index (χ0) is 20.4. The summed E-state index contributed by atoms with van der Waals surface area (Å²) in [7, 11) is -0.346. The first kappa shape index (κ1) is 18.5. The van der Waals surface area contributed by atoms with E-state index in [1.807, 2.05) is 12.1 Å². The Kier molecular flexibility index (Phi) is 3.96. The van der Waals surface area contributed by atoms with E-state index in [2.05, 4.69) is 83.1 Å². The minimum absolute atomic E-state index is 0.338. The van der Waals surface area contributed by atoms with E-state index in [9.17, 15) is 0 Å². The maximum atomic E-state index is 6.19. The van der Waals surface area contributed by atoms with Crippen molar-refractivity contribution in [1.82, 2.24) is 0 Å². The second-order valence-corrected chi connectivity index (χ2v) is 8.94. The van der Waals surface area contributed by atoms with Gasteiger partial charge in [0.25, 0.3) is 0 Å². The molecule has 1 aliphatic rings. The van der Waals surface area contributed by atoms with E-state index in [4.69, 9.17) is 13.7 Å². The predicted octanol–water partition coefficient (Wildman–Crippen LogP) is 5.86. The van der Waals surface area contributed by atoms with Crippen LogP contribution in [0.4, 0.5) is 0 Å². The van der Waals surface area contributed by atoms with Crippen molar-refractivity contribution >= 4 is 34.5 Å². The SMILES string of the molecule is Cc1ccc(-c2ccc(B3OC(C)(C)C(C)(C)O3)cc2)c2c1oc1ccccc12. The third-order valence-corrected chi connectivity index (χ3v) is 6.47. The van der Waals surface area contributed by atoms with Crippen LogP contribution in [0.3, 0.4) is 0 Å². The lowest BCUT2D eigenvalue weighted by Gasteiger charge is -2.32. The fourth-order valence-electron chi connectivity index (χ4n) is 4.00. The summed E-state index contributed by atoms with van der Waals surface area (Å²) in [5, 5.41) is 2.32. The lowest BCUT2D eigenvalue weighted by Crippen LogP contribution is -2.41. The molecule has 0 atom stereocenters. The Morgan fingerprint density at radius 2 is 1.41 bits per heavy atom. The molecule has 3 nitrogen and oxygen atoms in total. The van der Waals surface area contributed by atoms with Gasteiger partial charge in [0.2, 0.25) is 0 Å². The van der Waals surface area contributed by atoms with Gasteiger partial charge in [-0.05, 0) is 62.8 Å². The summed E-state index contributed by atoms with van der Waals surface area (Å²) in [4.78, 5) is 0. The quantitative estimate of drug-likeness (QED) is 0.406. The Labute approximate surface area is 171 Å². The first-order valence-electron chi connectivity index (χ1n) is 10.1. The van der Waals surface area contributed by atoms with E-state index >= 15 is 0 Å². The van der Waals surface area contributed by atoms with E-state index in [1.54, 1.807) is 0 Å². The Hall–Kier alpha value is -2.56. The van der Waals surface area contributed by atoms with Crippen molar-refractivity contribution in [3.8, 4) is 11.1 Å². The molecule has 146 valence electrons. The van der Waals surface area contributed by atoms with E-state index in [0.29, 0.717) is 0 Å². The van der Waals surface area contributed by atoms with Crippen LogP contribution in [0.5, 0.6) is 0 Å². The molecule has 1 aromatic heterocycles. The summed E-state index contributed by atoms with van der Waals surface area (Å²) in [5.74, 6) is 0. The van der Waals surface area contributed by atoms with Crippen molar-refractivity contribution in [2.24, 2.45) is 0 Å². The van der Waals surface area contributed by atoms with Crippen LogP contribution in [0, 0.1) is 6.92 Å². The molecule has 4 aromatic rings. The summed E-state index contributed by atoms with van der Waals surface area (Å²) >= 11 is 0. The second-order valence-electron chi connectivity index (χ2n) is 8.94. The molecule has 29 heavy (non-hydrogen) atoms. The first-order chi connectivity index (χ1) is 13.8. The molecular weight excluding hydrogens is 359 g/mol. The zero-order valence-corrected chi connectivity index (χ0v) is 17.6. The van der Waals surface area contributed by atoms with Crippen molar-refractivity contribution in [3.05, 3.63) is 66.2 Å². The fraction of sp³-hybridized carbons (Fsp3) is 0.280. The van der Waals surface area contributed by atoms with Gasteiger partial charge in [0.1, 0.15) is 11.2 Å². The number of fused-ring (bicyclic) bond motifs is 3. The predicted molar refractivity (Wildman–Crippen MR) is 120 cm³/mol. The molecule has 0 bridgehead atoms. The average molecular weight is 384 g/mol. The van der Waals surface area contributed by atoms with Gasteiger partial charge in [-0.15, -0.1) is 0 Å².